The number of nitrogens with one attached hydrogen (secondary N) is 1. The summed E-state index contributed by atoms with van der Waals surface area (Å²) in [6.45, 7) is 7.47. The van der Waals surface area contributed by atoms with E-state index in [1.54, 1.807) is 13.0 Å². The van der Waals surface area contributed by atoms with Crippen molar-refractivity contribution in [2.24, 2.45) is 0 Å². The van der Waals surface area contributed by atoms with E-state index in [9.17, 15) is 14.9 Å². The first-order valence-corrected chi connectivity index (χ1v) is 6.58. The van der Waals surface area contributed by atoms with Crippen molar-refractivity contribution in [3.8, 4) is 5.75 Å². The van der Waals surface area contributed by atoms with Crippen LogP contribution in [0.3, 0.4) is 0 Å². The summed E-state index contributed by atoms with van der Waals surface area (Å²) < 4.78 is 10.5. The van der Waals surface area contributed by atoms with Gasteiger partial charge in [0.2, 0.25) is 0 Å². The molecule has 0 saturated carbocycles. The van der Waals surface area contributed by atoms with Crippen molar-refractivity contribution in [3.63, 3.8) is 0 Å². The SMILES string of the molecule is CCOc1ccc(NC(=O)COC(C)(C)C)c([N+](=O)[O-])c1. The van der Waals surface area contributed by atoms with Gasteiger partial charge in [-0.05, 0) is 39.8 Å². The molecule has 7 heteroatoms. The van der Waals surface area contributed by atoms with Gasteiger partial charge in [-0.25, -0.2) is 0 Å². The second-order valence-electron chi connectivity index (χ2n) is 5.32. The van der Waals surface area contributed by atoms with E-state index in [1.807, 2.05) is 20.8 Å². The zero-order chi connectivity index (χ0) is 16.0. The predicted octanol–water partition coefficient (Wildman–Crippen LogP) is 2.75. The molecular formula is C14H20N2O5. The summed E-state index contributed by atoms with van der Waals surface area (Å²) in [5, 5.41) is 13.5. The van der Waals surface area contributed by atoms with Gasteiger partial charge in [-0.1, -0.05) is 0 Å². The van der Waals surface area contributed by atoms with Crippen LogP contribution >= 0.6 is 0 Å². The fourth-order valence-corrected chi connectivity index (χ4v) is 1.49. The van der Waals surface area contributed by atoms with E-state index in [1.165, 1.54) is 12.1 Å². The Kier molecular flexibility index (Phi) is 5.66. The van der Waals surface area contributed by atoms with E-state index < -0.39 is 16.4 Å². The maximum atomic E-state index is 11.8. The van der Waals surface area contributed by atoms with E-state index in [-0.39, 0.29) is 18.0 Å². The van der Waals surface area contributed by atoms with Crippen molar-refractivity contribution in [2.75, 3.05) is 18.5 Å². The smallest absolute Gasteiger partial charge is 0.296 e. The molecule has 116 valence electrons. The van der Waals surface area contributed by atoms with Crippen LogP contribution in [0.2, 0.25) is 0 Å². The zero-order valence-corrected chi connectivity index (χ0v) is 12.6. The molecule has 0 spiro atoms. The number of rotatable bonds is 6. The van der Waals surface area contributed by atoms with Crippen molar-refractivity contribution < 1.29 is 19.2 Å². The lowest BCUT2D eigenvalue weighted by molar-refractivity contribution is -0.384. The third kappa shape index (κ3) is 5.78. The topological polar surface area (TPSA) is 90.7 Å². The molecule has 1 N–H and O–H groups in total. The van der Waals surface area contributed by atoms with E-state index in [0.717, 1.165) is 0 Å². The van der Waals surface area contributed by atoms with E-state index in [0.29, 0.717) is 12.4 Å². The van der Waals surface area contributed by atoms with E-state index in [2.05, 4.69) is 5.32 Å². The van der Waals surface area contributed by atoms with Gasteiger partial charge < -0.3 is 14.8 Å². The van der Waals surface area contributed by atoms with Crippen LogP contribution in [0.15, 0.2) is 18.2 Å². The molecule has 1 amide bonds. The normalized spacial score (nSPS) is 11.0. The maximum absolute atomic E-state index is 11.8. The Bertz CT molecular complexity index is 523. The van der Waals surface area contributed by atoms with Crippen LogP contribution in [-0.4, -0.2) is 29.6 Å². The molecule has 0 aliphatic heterocycles. The number of benzene rings is 1. The Morgan fingerprint density at radius 1 is 1.38 bits per heavy atom. The molecule has 0 unspecified atom stereocenters. The average molecular weight is 296 g/mol. The van der Waals surface area contributed by atoms with E-state index in [4.69, 9.17) is 9.47 Å². The largest absolute Gasteiger partial charge is 0.494 e. The quantitative estimate of drug-likeness (QED) is 0.644. The molecule has 21 heavy (non-hydrogen) atoms. The number of hydrogen-bond donors (Lipinski definition) is 1. The maximum Gasteiger partial charge on any atom is 0.296 e. The van der Waals surface area contributed by atoms with Crippen molar-refractivity contribution in [1.82, 2.24) is 0 Å². The molecule has 0 heterocycles. The van der Waals surface area contributed by atoms with Gasteiger partial charge in [0.05, 0.1) is 23.2 Å². The van der Waals surface area contributed by atoms with E-state index >= 15 is 0 Å². The van der Waals surface area contributed by atoms with Gasteiger partial charge in [0.15, 0.2) is 0 Å². The molecule has 0 atom stereocenters. The first-order valence-electron chi connectivity index (χ1n) is 6.58. The molecular weight excluding hydrogens is 276 g/mol. The van der Waals surface area contributed by atoms with Crippen LogP contribution in [-0.2, 0) is 9.53 Å². The van der Waals surface area contributed by atoms with Crippen LogP contribution in [0.25, 0.3) is 0 Å². The Hall–Kier alpha value is -2.15. The van der Waals surface area contributed by atoms with Gasteiger partial charge in [0.25, 0.3) is 11.6 Å². The number of amides is 1. The lowest BCUT2D eigenvalue weighted by Gasteiger charge is -2.19. The highest BCUT2D eigenvalue weighted by atomic mass is 16.6. The average Bonchev–Trinajstić information content (AvgIpc) is 2.37. The lowest BCUT2D eigenvalue weighted by atomic mass is 10.2. The second-order valence-corrected chi connectivity index (χ2v) is 5.32. The molecule has 0 saturated heterocycles. The molecule has 0 aliphatic carbocycles. The number of hydrogen-bond acceptors (Lipinski definition) is 5. The monoisotopic (exact) mass is 296 g/mol. The van der Waals surface area contributed by atoms with Gasteiger partial charge in [-0.2, -0.15) is 0 Å². The molecule has 0 bridgehead atoms. The summed E-state index contributed by atoms with van der Waals surface area (Å²) >= 11 is 0. The van der Waals surface area contributed by atoms with Gasteiger partial charge in [0, 0.05) is 0 Å². The summed E-state index contributed by atoms with van der Waals surface area (Å²) in [5.41, 5.74) is -0.557. The number of anilines is 1. The van der Waals surface area contributed by atoms with Gasteiger partial charge in [-0.3, -0.25) is 14.9 Å². The Labute approximate surface area is 123 Å². The third-order valence-corrected chi connectivity index (χ3v) is 2.39. The van der Waals surface area contributed by atoms with Crippen molar-refractivity contribution in [2.45, 2.75) is 33.3 Å². The minimum atomic E-state index is -0.567. The highest BCUT2D eigenvalue weighted by Gasteiger charge is 2.19. The van der Waals surface area contributed by atoms with Crippen LogP contribution in [0.1, 0.15) is 27.7 Å². The number of ether oxygens (including phenoxy) is 2. The molecule has 0 aromatic heterocycles. The highest BCUT2D eigenvalue weighted by Crippen LogP contribution is 2.29. The van der Waals surface area contributed by atoms with Crippen LogP contribution in [0.5, 0.6) is 5.75 Å². The molecule has 0 radical (unpaired) electrons. The first kappa shape index (κ1) is 16.9. The third-order valence-electron chi connectivity index (χ3n) is 2.39. The predicted molar refractivity (Wildman–Crippen MR) is 78.6 cm³/mol. The number of nitro groups is 1. The van der Waals surface area contributed by atoms with Crippen molar-refractivity contribution in [1.29, 1.82) is 0 Å². The minimum absolute atomic E-state index is 0.117. The second kappa shape index (κ2) is 7.03. The molecule has 1 aromatic rings. The Balaban J connectivity index is 2.82. The van der Waals surface area contributed by atoms with Gasteiger partial charge >= 0.3 is 0 Å². The Morgan fingerprint density at radius 3 is 2.57 bits per heavy atom. The molecule has 0 aliphatic rings. The van der Waals surface area contributed by atoms with Crippen LogP contribution < -0.4 is 10.1 Å². The molecule has 0 fully saturated rings. The number of nitrogens with zero attached hydrogens (tertiary/aromatic N) is 1. The summed E-state index contributed by atoms with van der Waals surface area (Å²) in [7, 11) is 0. The number of nitro benzene ring substituents is 1. The van der Waals surface area contributed by atoms with Crippen LogP contribution in [0.4, 0.5) is 11.4 Å². The Morgan fingerprint density at radius 2 is 2.05 bits per heavy atom. The molecule has 1 aromatic carbocycles. The summed E-state index contributed by atoms with van der Waals surface area (Å²) in [6.07, 6.45) is 0. The first-order chi connectivity index (χ1) is 9.73. The zero-order valence-electron chi connectivity index (χ0n) is 12.6. The number of carbonyl (C=O) groups excluding carboxylic acids is 1. The summed E-state index contributed by atoms with van der Waals surface area (Å²) in [4.78, 5) is 22.2. The fourth-order valence-electron chi connectivity index (χ4n) is 1.49. The van der Waals surface area contributed by atoms with Gasteiger partial charge in [0.1, 0.15) is 18.0 Å². The summed E-state index contributed by atoms with van der Waals surface area (Å²) in [5.74, 6) is -0.0645. The van der Waals surface area contributed by atoms with Gasteiger partial charge in [-0.15, -0.1) is 0 Å². The molecule has 7 nitrogen and oxygen atoms in total. The summed E-state index contributed by atoms with van der Waals surface area (Å²) in [6, 6.07) is 4.29. The number of carbonyl (C=O) groups is 1. The van der Waals surface area contributed by atoms with Crippen LogP contribution in [0, 0.1) is 10.1 Å². The minimum Gasteiger partial charge on any atom is -0.494 e. The fraction of sp³-hybridized carbons (Fsp3) is 0.500. The van der Waals surface area contributed by atoms with Crippen molar-refractivity contribution >= 4 is 17.3 Å². The molecule has 1 rings (SSSR count). The lowest BCUT2D eigenvalue weighted by Crippen LogP contribution is -2.27. The standard InChI is InChI=1S/C14H20N2O5/c1-5-20-10-6-7-11(12(8-10)16(18)19)15-13(17)9-21-14(2,3)4/h6-8H,5,9H2,1-4H3,(H,15,17). The highest BCUT2D eigenvalue weighted by molar-refractivity contribution is 5.94. The van der Waals surface area contributed by atoms with Crippen molar-refractivity contribution in [3.05, 3.63) is 28.3 Å².